The Bertz CT molecular complexity index is 1380. The Hall–Kier alpha value is -3.94. The molecule has 38 heavy (non-hydrogen) atoms. The molecule has 0 unspecified atom stereocenters. The third-order valence-corrected chi connectivity index (χ3v) is 6.21. The molecule has 1 aromatic heterocycles. The summed E-state index contributed by atoms with van der Waals surface area (Å²) in [5.74, 6) is -0.665. The fraction of sp³-hybridized carbons (Fsp3) is 0.321. The molecule has 10 heteroatoms. The maximum Gasteiger partial charge on any atom is 0.416 e. The molecule has 198 valence electrons. The van der Waals surface area contributed by atoms with Crippen LogP contribution in [0.2, 0.25) is 0 Å². The fourth-order valence-electron chi connectivity index (χ4n) is 4.40. The Labute approximate surface area is 219 Å². The molecule has 7 nitrogen and oxygen atoms in total. The normalized spacial score (nSPS) is 13.9. The van der Waals surface area contributed by atoms with Crippen molar-refractivity contribution >= 4 is 17.3 Å². The second-order valence-corrected chi connectivity index (χ2v) is 9.41. The third-order valence-electron chi connectivity index (χ3n) is 6.21. The van der Waals surface area contributed by atoms with Crippen LogP contribution in [0.15, 0.2) is 48.7 Å². The van der Waals surface area contributed by atoms with Gasteiger partial charge in [-0.15, -0.1) is 0 Å². The van der Waals surface area contributed by atoms with E-state index in [1.165, 1.54) is 12.3 Å². The van der Waals surface area contributed by atoms with Crippen molar-refractivity contribution in [1.29, 1.82) is 5.26 Å². The van der Waals surface area contributed by atoms with Crippen LogP contribution in [0.3, 0.4) is 0 Å². The molecule has 2 aromatic carbocycles. The number of hydrogen-bond acceptors (Lipinski definition) is 6. The molecular weight excluding hydrogens is 495 g/mol. The molecule has 0 spiro atoms. The number of rotatable bonds is 6. The molecule has 3 aromatic rings. The van der Waals surface area contributed by atoms with Gasteiger partial charge in [-0.3, -0.25) is 9.78 Å². The van der Waals surface area contributed by atoms with Gasteiger partial charge in [0.1, 0.15) is 6.07 Å². The van der Waals surface area contributed by atoms with Gasteiger partial charge in [-0.2, -0.15) is 18.4 Å². The molecule has 1 saturated heterocycles. The number of carbonyl (C=O) groups is 1. The number of amides is 1. The zero-order chi connectivity index (χ0) is 27.4. The Morgan fingerprint density at radius 2 is 1.89 bits per heavy atom. The summed E-state index contributed by atoms with van der Waals surface area (Å²) in [4.78, 5) is 21.3. The number of nitrogens with one attached hydrogen (secondary N) is 1. The van der Waals surface area contributed by atoms with E-state index in [2.05, 4.69) is 21.3 Å². The summed E-state index contributed by atoms with van der Waals surface area (Å²) in [6, 6.07) is 12.8. The van der Waals surface area contributed by atoms with E-state index in [9.17, 15) is 23.2 Å². The number of nitriles is 1. The Balaban J connectivity index is 1.65. The lowest BCUT2D eigenvalue weighted by Crippen LogP contribution is -2.36. The molecule has 1 fully saturated rings. The number of anilines is 2. The average molecular weight is 524 g/mol. The molecule has 0 radical (unpaired) electrons. The Kier molecular flexibility index (Phi) is 7.99. The summed E-state index contributed by atoms with van der Waals surface area (Å²) in [6.45, 7) is 4.56. The predicted octanol–water partition coefficient (Wildman–Crippen LogP) is 5.10. The molecule has 0 aliphatic carbocycles. The van der Waals surface area contributed by atoms with E-state index >= 15 is 0 Å². The number of carbonyl (C=O) groups excluding carboxylic acids is 1. The predicted molar refractivity (Wildman–Crippen MR) is 139 cm³/mol. The Morgan fingerprint density at radius 1 is 1.16 bits per heavy atom. The SMILES string of the molecule is Cc1ncc(NC(=O)c2cc(CN(C)C)cc(C(F)(F)F)c2)cc1-c1ccc(C#N)c(N2CCOCC2)c1. The Morgan fingerprint density at radius 3 is 2.55 bits per heavy atom. The van der Waals surface area contributed by atoms with E-state index in [1.807, 2.05) is 19.1 Å². The van der Waals surface area contributed by atoms with Crippen LogP contribution in [0.5, 0.6) is 0 Å². The van der Waals surface area contributed by atoms with Crippen LogP contribution in [0.25, 0.3) is 11.1 Å². The molecular formula is C28H28F3N5O2. The molecule has 1 N–H and O–H groups in total. The van der Waals surface area contributed by atoms with Gasteiger partial charge in [0.15, 0.2) is 0 Å². The van der Waals surface area contributed by atoms with Gasteiger partial charge in [-0.05, 0) is 68.5 Å². The second kappa shape index (κ2) is 11.2. The van der Waals surface area contributed by atoms with E-state index in [-0.39, 0.29) is 12.1 Å². The van der Waals surface area contributed by atoms with Crippen molar-refractivity contribution in [1.82, 2.24) is 9.88 Å². The number of aryl methyl sites for hydroxylation is 1. The topological polar surface area (TPSA) is 81.5 Å². The summed E-state index contributed by atoms with van der Waals surface area (Å²) in [7, 11) is 3.49. The van der Waals surface area contributed by atoms with Gasteiger partial charge < -0.3 is 19.9 Å². The first-order chi connectivity index (χ1) is 18.0. The number of morpholine rings is 1. The van der Waals surface area contributed by atoms with Gasteiger partial charge in [0.25, 0.3) is 5.91 Å². The number of alkyl halides is 3. The monoisotopic (exact) mass is 523 g/mol. The number of ether oxygens (including phenoxy) is 1. The van der Waals surface area contributed by atoms with Gasteiger partial charge in [0, 0.05) is 36.5 Å². The van der Waals surface area contributed by atoms with Crippen molar-refractivity contribution < 1.29 is 22.7 Å². The number of hydrogen-bond donors (Lipinski definition) is 1. The highest BCUT2D eigenvalue weighted by Gasteiger charge is 2.32. The van der Waals surface area contributed by atoms with Gasteiger partial charge in [0.05, 0.1) is 41.9 Å². The number of benzene rings is 2. The van der Waals surface area contributed by atoms with Crippen LogP contribution in [0.4, 0.5) is 24.5 Å². The van der Waals surface area contributed by atoms with Crippen LogP contribution in [0, 0.1) is 18.3 Å². The number of aromatic nitrogens is 1. The largest absolute Gasteiger partial charge is 0.416 e. The summed E-state index contributed by atoms with van der Waals surface area (Å²) in [6.07, 6.45) is -3.11. The lowest BCUT2D eigenvalue weighted by molar-refractivity contribution is -0.137. The quantitative estimate of drug-likeness (QED) is 0.484. The number of pyridine rings is 1. The highest BCUT2D eigenvalue weighted by Crippen LogP contribution is 2.33. The van der Waals surface area contributed by atoms with Crippen molar-refractivity contribution in [2.45, 2.75) is 19.6 Å². The zero-order valence-corrected chi connectivity index (χ0v) is 21.4. The van der Waals surface area contributed by atoms with Crippen LogP contribution in [0.1, 0.15) is 32.7 Å². The number of halogens is 3. The summed E-state index contributed by atoms with van der Waals surface area (Å²) in [5.41, 5.74) is 3.34. The van der Waals surface area contributed by atoms with Crippen molar-refractivity contribution in [3.05, 3.63) is 76.6 Å². The van der Waals surface area contributed by atoms with E-state index in [0.29, 0.717) is 48.8 Å². The van der Waals surface area contributed by atoms with E-state index in [1.54, 1.807) is 31.1 Å². The maximum absolute atomic E-state index is 13.5. The molecule has 1 aliphatic heterocycles. The first-order valence-corrected chi connectivity index (χ1v) is 12.1. The lowest BCUT2D eigenvalue weighted by Gasteiger charge is -2.30. The highest BCUT2D eigenvalue weighted by molar-refractivity contribution is 6.04. The summed E-state index contributed by atoms with van der Waals surface area (Å²) >= 11 is 0. The smallest absolute Gasteiger partial charge is 0.378 e. The van der Waals surface area contributed by atoms with Crippen LogP contribution in [-0.4, -0.2) is 56.2 Å². The fourth-order valence-corrected chi connectivity index (χ4v) is 4.40. The van der Waals surface area contributed by atoms with Gasteiger partial charge in [-0.25, -0.2) is 0 Å². The van der Waals surface area contributed by atoms with E-state index in [0.717, 1.165) is 28.9 Å². The van der Waals surface area contributed by atoms with Crippen molar-refractivity contribution in [3.63, 3.8) is 0 Å². The highest BCUT2D eigenvalue weighted by atomic mass is 19.4. The van der Waals surface area contributed by atoms with Gasteiger partial charge in [-0.1, -0.05) is 6.07 Å². The summed E-state index contributed by atoms with van der Waals surface area (Å²) < 4.78 is 45.9. The average Bonchev–Trinajstić information content (AvgIpc) is 2.89. The lowest BCUT2D eigenvalue weighted by atomic mass is 10.00. The van der Waals surface area contributed by atoms with Crippen LogP contribution < -0.4 is 10.2 Å². The molecule has 1 aliphatic rings. The first kappa shape index (κ1) is 27.1. The van der Waals surface area contributed by atoms with Gasteiger partial charge >= 0.3 is 6.18 Å². The van der Waals surface area contributed by atoms with Crippen molar-refractivity contribution in [2.75, 3.05) is 50.6 Å². The van der Waals surface area contributed by atoms with Crippen LogP contribution in [-0.2, 0) is 17.5 Å². The van der Waals surface area contributed by atoms with E-state index < -0.39 is 17.6 Å². The molecule has 2 heterocycles. The van der Waals surface area contributed by atoms with Crippen molar-refractivity contribution in [2.24, 2.45) is 0 Å². The summed E-state index contributed by atoms with van der Waals surface area (Å²) in [5, 5.41) is 12.3. The molecule has 0 atom stereocenters. The minimum Gasteiger partial charge on any atom is -0.378 e. The standard InChI is InChI=1S/C28H28F3N5O2/c1-18-25(20-4-5-21(15-32)26(13-20)36-6-8-38-9-7-36)14-24(16-33-18)34-27(37)22-10-19(17-35(2)3)11-23(12-22)28(29,30)31/h4-5,10-14,16H,6-9,17H2,1-3H3,(H,34,37). The molecule has 0 saturated carbocycles. The van der Waals surface area contributed by atoms with Crippen molar-refractivity contribution in [3.8, 4) is 17.2 Å². The van der Waals surface area contributed by atoms with E-state index in [4.69, 9.17) is 4.74 Å². The molecule has 4 rings (SSSR count). The third kappa shape index (κ3) is 6.30. The first-order valence-electron chi connectivity index (χ1n) is 12.1. The molecule has 1 amide bonds. The number of nitrogens with zero attached hydrogens (tertiary/aromatic N) is 4. The van der Waals surface area contributed by atoms with Gasteiger partial charge in [0.2, 0.25) is 0 Å². The maximum atomic E-state index is 13.5. The minimum absolute atomic E-state index is 0.0909. The zero-order valence-electron chi connectivity index (χ0n) is 21.4. The second-order valence-electron chi connectivity index (χ2n) is 9.41. The van der Waals surface area contributed by atoms with Crippen LogP contribution >= 0.6 is 0 Å². The minimum atomic E-state index is -4.58. The molecule has 0 bridgehead atoms.